The number of aromatic nitrogens is 5. The molecule has 0 radical (unpaired) electrons. The van der Waals surface area contributed by atoms with Crippen LogP contribution in [0.4, 0.5) is 0 Å². The van der Waals surface area contributed by atoms with Crippen molar-refractivity contribution in [3.63, 3.8) is 0 Å². The van der Waals surface area contributed by atoms with E-state index in [1.165, 1.54) is 10.9 Å². The van der Waals surface area contributed by atoms with E-state index in [-0.39, 0.29) is 5.69 Å². The van der Waals surface area contributed by atoms with Crippen molar-refractivity contribution in [2.24, 2.45) is 0 Å². The van der Waals surface area contributed by atoms with Crippen molar-refractivity contribution < 1.29 is 0 Å². The molecular weight excluding hydrogens is 170 g/mol. The Morgan fingerprint density at radius 1 is 1.54 bits per heavy atom. The molecule has 6 heteroatoms. The summed E-state index contributed by atoms with van der Waals surface area (Å²) in [5.74, 6) is 0.869. The number of H-pyrrole nitrogens is 2. The van der Waals surface area contributed by atoms with Gasteiger partial charge in [0.1, 0.15) is 12.2 Å². The van der Waals surface area contributed by atoms with E-state index >= 15 is 0 Å². The predicted molar refractivity (Wildman–Crippen MR) is 45.1 cm³/mol. The summed E-state index contributed by atoms with van der Waals surface area (Å²) in [5, 5.41) is 5.94. The third-order valence-electron chi connectivity index (χ3n) is 1.76. The minimum atomic E-state index is -0.188. The number of nitrogens with zero attached hydrogens (tertiary/aromatic N) is 3. The highest BCUT2D eigenvalue weighted by atomic mass is 16.1. The van der Waals surface area contributed by atoms with Crippen molar-refractivity contribution in [1.29, 1.82) is 0 Å². The third kappa shape index (κ3) is 1.66. The first-order valence-electron chi connectivity index (χ1n) is 3.94. The molecule has 2 aromatic rings. The second kappa shape index (κ2) is 3.26. The Balaban J connectivity index is 2.01. The van der Waals surface area contributed by atoms with E-state index in [2.05, 4.69) is 20.2 Å². The number of rotatable bonds is 3. The molecule has 2 N–H and O–H groups in total. The van der Waals surface area contributed by atoms with Gasteiger partial charge in [0, 0.05) is 25.4 Å². The summed E-state index contributed by atoms with van der Waals surface area (Å²) in [6.45, 7) is 0.586. The van der Waals surface area contributed by atoms with Gasteiger partial charge < -0.3 is 4.98 Å². The van der Waals surface area contributed by atoms with E-state index < -0.39 is 0 Å². The van der Waals surface area contributed by atoms with Gasteiger partial charge in [-0.15, -0.1) is 0 Å². The summed E-state index contributed by atoms with van der Waals surface area (Å²) in [6, 6.07) is 0. The molecule has 0 saturated carbocycles. The van der Waals surface area contributed by atoms with E-state index in [0.717, 1.165) is 5.82 Å². The van der Waals surface area contributed by atoms with Crippen LogP contribution in [0.2, 0.25) is 0 Å². The van der Waals surface area contributed by atoms with Crippen LogP contribution in [0.3, 0.4) is 0 Å². The lowest BCUT2D eigenvalue weighted by atomic mass is 10.4. The molecule has 0 amide bonds. The van der Waals surface area contributed by atoms with Crippen LogP contribution in [0.25, 0.3) is 0 Å². The Labute approximate surface area is 73.6 Å². The molecule has 0 spiro atoms. The topological polar surface area (TPSA) is 79.4 Å². The third-order valence-corrected chi connectivity index (χ3v) is 1.76. The molecule has 0 aliphatic heterocycles. The largest absolute Gasteiger partial charge is 0.349 e. The molecule has 0 saturated heterocycles. The van der Waals surface area contributed by atoms with Crippen LogP contribution < -0.4 is 5.69 Å². The zero-order valence-electron chi connectivity index (χ0n) is 6.90. The number of aryl methyl sites for hydroxylation is 2. The molecule has 2 rings (SSSR count). The van der Waals surface area contributed by atoms with E-state index in [0.29, 0.717) is 13.0 Å². The van der Waals surface area contributed by atoms with Crippen LogP contribution in [0.15, 0.2) is 23.5 Å². The fourth-order valence-corrected chi connectivity index (χ4v) is 1.09. The fourth-order valence-electron chi connectivity index (χ4n) is 1.09. The number of aromatic amines is 2. The summed E-state index contributed by atoms with van der Waals surface area (Å²) >= 11 is 0. The molecule has 13 heavy (non-hydrogen) atoms. The number of nitrogens with one attached hydrogen (secondary N) is 2. The maximum absolute atomic E-state index is 11.0. The lowest BCUT2D eigenvalue weighted by Crippen LogP contribution is -2.17. The zero-order valence-corrected chi connectivity index (χ0v) is 6.90. The SMILES string of the molecule is O=c1[nH]ncn1CCc1ncc[nH]1. The summed E-state index contributed by atoms with van der Waals surface area (Å²) in [4.78, 5) is 18.0. The summed E-state index contributed by atoms with van der Waals surface area (Å²) in [5.41, 5.74) is -0.188. The number of imidazole rings is 1. The standard InChI is InChI=1S/C7H9N5O/c13-7-11-10-5-12(7)4-1-6-8-2-3-9-6/h2-3,5H,1,4H2,(H,8,9)(H,11,13). The zero-order chi connectivity index (χ0) is 9.10. The van der Waals surface area contributed by atoms with Crippen LogP contribution in [0.1, 0.15) is 5.82 Å². The highest BCUT2D eigenvalue weighted by molar-refractivity contribution is 4.86. The highest BCUT2D eigenvalue weighted by Crippen LogP contribution is 1.91. The van der Waals surface area contributed by atoms with Crippen molar-refractivity contribution in [1.82, 2.24) is 24.7 Å². The molecule has 0 atom stereocenters. The lowest BCUT2D eigenvalue weighted by molar-refractivity contribution is 0.654. The molecule has 0 aromatic carbocycles. The molecular formula is C7H9N5O. The van der Waals surface area contributed by atoms with Gasteiger partial charge in [-0.05, 0) is 0 Å². The minimum Gasteiger partial charge on any atom is -0.349 e. The van der Waals surface area contributed by atoms with Crippen LogP contribution in [-0.2, 0) is 13.0 Å². The van der Waals surface area contributed by atoms with E-state index in [4.69, 9.17) is 0 Å². The normalized spacial score (nSPS) is 10.5. The van der Waals surface area contributed by atoms with Gasteiger partial charge in [0.05, 0.1) is 0 Å². The Morgan fingerprint density at radius 2 is 2.46 bits per heavy atom. The summed E-state index contributed by atoms with van der Waals surface area (Å²) < 4.78 is 1.50. The smallest absolute Gasteiger partial charge is 0.343 e. The van der Waals surface area contributed by atoms with Crippen LogP contribution in [0.5, 0.6) is 0 Å². The Morgan fingerprint density at radius 3 is 3.08 bits per heavy atom. The van der Waals surface area contributed by atoms with Crippen molar-refractivity contribution >= 4 is 0 Å². The highest BCUT2D eigenvalue weighted by Gasteiger charge is 1.98. The van der Waals surface area contributed by atoms with Gasteiger partial charge in [0.15, 0.2) is 0 Å². The average molecular weight is 179 g/mol. The average Bonchev–Trinajstić information content (AvgIpc) is 2.72. The van der Waals surface area contributed by atoms with Crippen LogP contribution in [0, 0.1) is 0 Å². The fraction of sp³-hybridized carbons (Fsp3) is 0.286. The first-order chi connectivity index (χ1) is 6.36. The maximum atomic E-state index is 11.0. The molecule has 2 heterocycles. The lowest BCUT2D eigenvalue weighted by Gasteiger charge is -1.96. The molecule has 0 aliphatic carbocycles. The number of hydrogen-bond donors (Lipinski definition) is 2. The second-order valence-corrected chi connectivity index (χ2v) is 2.64. The van der Waals surface area contributed by atoms with E-state index in [1.54, 1.807) is 12.4 Å². The molecule has 0 unspecified atom stereocenters. The van der Waals surface area contributed by atoms with Crippen molar-refractivity contribution in [3.8, 4) is 0 Å². The van der Waals surface area contributed by atoms with Gasteiger partial charge in [-0.1, -0.05) is 0 Å². The predicted octanol–water partition coefficient (Wildman–Crippen LogP) is -0.463. The van der Waals surface area contributed by atoms with Gasteiger partial charge in [-0.3, -0.25) is 4.57 Å². The van der Waals surface area contributed by atoms with E-state index in [9.17, 15) is 4.79 Å². The molecule has 68 valence electrons. The Bertz CT molecular complexity index is 412. The monoisotopic (exact) mass is 179 g/mol. The van der Waals surface area contributed by atoms with Crippen LogP contribution in [-0.4, -0.2) is 24.7 Å². The van der Waals surface area contributed by atoms with Gasteiger partial charge >= 0.3 is 5.69 Å². The van der Waals surface area contributed by atoms with Crippen molar-refractivity contribution in [2.75, 3.05) is 0 Å². The summed E-state index contributed by atoms with van der Waals surface area (Å²) in [6.07, 6.45) is 5.62. The summed E-state index contributed by atoms with van der Waals surface area (Å²) in [7, 11) is 0. The first-order valence-corrected chi connectivity index (χ1v) is 3.94. The first kappa shape index (κ1) is 7.78. The Hall–Kier alpha value is -1.85. The quantitative estimate of drug-likeness (QED) is 0.669. The molecule has 0 aliphatic rings. The van der Waals surface area contributed by atoms with Gasteiger partial charge in [0.25, 0.3) is 0 Å². The van der Waals surface area contributed by atoms with Crippen LogP contribution >= 0.6 is 0 Å². The Kier molecular flexibility index (Phi) is 1.95. The van der Waals surface area contributed by atoms with Gasteiger partial charge in [-0.2, -0.15) is 5.10 Å². The molecule has 0 fully saturated rings. The van der Waals surface area contributed by atoms with Gasteiger partial charge in [0.2, 0.25) is 0 Å². The maximum Gasteiger partial charge on any atom is 0.343 e. The van der Waals surface area contributed by atoms with E-state index in [1.807, 2.05) is 0 Å². The minimum absolute atomic E-state index is 0.188. The number of hydrogen-bond acceptors (Lipinski definition) is 3. The molecule has 0 bridgehead atoms. The molecule has 6 nitrogen and oxygen atoms in total. The van der Waals surface area contributed by atoms with Crippen molar-refractivity contribution in [2.45, 2.75) is 13.0 Å². The van der Waals surface area contributed by atoms with Crippen molar-refractivity contribution in [3.05, 3.63) is 35.0 Å². The molecule has 2 aromatic heterocycles. The van der Waals surface area contributed by atoms with Gasteiger partial charge in [-0.25, -0.2) is 14.9 Å². The second-order valence-electron chi connectivity index (χ2n) is 2.64.